The van der Waals surface area contributed by atoms with Gasteiger partial charge in [-0.3, -0.25) is 9.59 Å². The van der Waals surface area contributed by atoms with Gasteiger partial charge in [-0.1, -0.05) is 23.7 Å². The number of hydrogen-bond acceptors (Lipinski definition) is 4. The molecule has 0 saturated heterocycles. The third kappa shape index (κ3) is 4.60. The molecule has 0 bridgehead atoms. The number of H-pyrrole nitrogens is 1. The molecule has 0 unspecified atom stereocenters. The number of benzene rings is 1. The van der Waals surface area contributed by atoms with Gasteiger partial charge in [0.1, 0.15) is 23.6 Å². The van der Waals surface area contributed by atoms with Crippen molar-refractivity contribution < 1.29 is 27.1 Å². The number of pyridine rings is 2. The van der Waals surface area contributed by atoms with Gasteiger partial charge in [0.2, 0.25) is 5.95 Å². The molecule has 2 aromatic heterocycles. The van der Waals surface area contributed by atoms with Crippen LogP contribution in [0.5, 0.6) is 5.75 Å². The van der Waals surface area contributed by atoms with E-state index in [1.807, 2.05) is 0 Å². The predicted molar refractivity (Wildman–Crippen MR) is 99.6 cm³/mol. The topological polar surface area (TPSA) is 98.1 Å². The number of alkyl halides is 3. The Bertz CT molecular complexity index is 1160. The highest BCUT2D eigenvalue weighted by Gasteiger charge is 2.36. The smallest absolute Gasteiger partial charge is 0.431 e. The number of nitrogens with two attached hydrogens (primary N) is 1. The molecule has 30 heavy (non-hydrogen) atoms. The lowest BCUT2D eigenvalue weighted by atomic mass is 10.0. The quantitative estimate of drug-likeness (QED) is 0.463. The van der Waals surface area contributed by atoms with Crippen molar-refractivity contribution in [1.82, 2.24) is 9.97 Å². The molecule has 6 nitrogen and oxygen atoms in total. The molecule has 0 fully saturated rings. The summed E-state index contributed by atoms with van der Waals surface area (Å²) in [5.74, 6) is -1.70. The van der Waals surface area contributed by atoms with E-state index < -0.39 is 40.4 Å². The number of ether oxygens (including phenoxy) is 1. The summed E-state index contributed by atoms with van der Waals surface area (Å²) in [4.78, 5) is 28.2. The van der Waals surface area contributed by atoms with E-state index in [0.29, 0.717) is 0 Å². The maximum Gasteiger partial charge on any atom is 0.431 e. The number of rotatable bonds is 5. The number of aromatic nitrogens is 2. The third-order valence-corrected chi connectivity index (χ3v) is 4.23. The number of carbonyl (C=O) groups excluding carboxylic acids is 1. The zero-order valence-corrected chi connectivity index (χ0v) is 15.6. The normalized spacial score (nSPS) is 11.4. The average molecular weight is 442 g/mol. The van der Waals surface area contributed by atoms with Gasteiger partial charge < -0.3 is 15.5 Å². The molecule has 2 heterocycles. The Balaban J connectivity index is 1.92. The number of nitrogens with one attached hydrogen (secondary N) is 1. The van der Waals surface area contributed by atoms with Gasteiger partial charge >= 0.3 is 6.18 Å². The molecule has 156 valence electrons. The number of amides is 1. The van der Waals surface area contributed by atoms with Crippen LogP contribution in [0.2, 0.25) is 5.02 Å². The van der Waals surface area contributed by atoms with Crippen molar-refractivity contribution in [2.45, 2.75) is 12.8 Å². The van der Waals surface area contributed by atoms with E-state index >= 15 is 0 Å². The lowest BCUT2D eigenvalue weighted by molar-refractivity contribution is -0.140. The average Bonchev–Trinajstić information content (AvgIpc) is 2.68. The fraction of sp³-hybridized carbons (Fsp3) is 0.105. The standard InChI is InChI=1S/C19H12ClF4N3O3/c20-11-5-10(16(21)26-7-11)8-30-12-3-1-9(2-4-12)13-6-14(17(25)28)18(29)27-15(13)19(22,23)24/h1-7H,8H2,(H2,25,28)(H,27,29). The van der Waals surface area contributed by atoms with Crippen LogP contribution in [0.25, 0.3) is 11.1 Å². The number of aromatic amines is 1. The van der Waals surface area contributed by atoms with Gasteiger partial charge in [0.15, 0.2) is 0 Å². The van der Waals surface area contributed by atoms with Crippen molar-refractivity contribution in [3.63, 3.8) is 0 Å². The second-order valence-corrected chi connectivity index (χ2v) is 6.52. The van der Waals surface area contributed by atoms with Gasteiger partial charge in [0.05, 0.1) is 5.02 Å². The molecule has 0 aliphatic carbocycles. The first-order chi connectivity index (χ1) is 14.1. The Kier molecular flexibility index (Phi) is 5.79. The van der Waals surface area contributed by atoms with Crippen molar-refractivity contribution in [3.8, 4) is 16.9 Å². The Morgan fingerprint density at radius 3 is 2.47 bits per heavy atom. The number of hydrogen-bond donors (Lipinski definition) is 2. The van der Waals surface area contributed by atoms with E-state index in [-0.39, 0.29) is 28.5 Å². The second-order valence-electron chi connectivity index (χ2n) is 6.08. The summed E-state index contributed by atoms with van der Waals surface area (Å²) < 4.78 is 59.1. The summed E-state index contributed by atoms with van der Waals surface area (Å²) in [5, 5.41) is 0.216. The van der Waals surface area contributed by atoms with Crippen molar-refractivity contribution >= 4 is 17.5 Å². The van der Waals surface area contributed by atoms with Crippen LogP contribution in [0.3, 0.4) is 0 Å². The first-order valence-electron chi connectivity index (χ1n) is 8.23. The molecule has 0 radical (unpaired) electrons. The summed E-state index contributed by atoms with van der Waals surface area (Å²) >= 11 is 5.75. The summed E-state index contributed by atoms with van der Waals surface area (Å²) in [6.45, 7) is -0.211. The van der Waals surface area contributed by atoms with Gasteiger partial charge in [-0.15, -0.1) is 0 Å². The molecule has 3 rings (SSSR count). The Morgan fingerprint density at radius 1 is 1.20 bits per heavy atom. The van der Waals surface area contributed by atoms with Gasteiger partial charge in [-0.2, -0.15) is 17.6 Å². The zero-order valence-electron chi connectivity index (χ0n) is 14.9. The molecule has 3 aromatic rings. The summed E-state index contributed by atoms with van der Waals surface area (Å²) in [7, 11) is 0. The molecule has 0 aliphatic rings. The van der Waals surface area contributed by atoms with Gasteiger partial charge in [0, 0.05) is 17.3 Å². The van der Waals surface area contributed by atoms with Crippen LogP contribution >= 0.6 is 11.6 Å². The lowest BCUT2D eigenvalue weighted by Gasteiger charge is -2.14. The van der Waals surface area contributed by atoms with E-state index in [0.717, 1.165) is 12.3 Å². The minimum Gasteiger partial charge on any atom is -0.489 e. The fourth-order valence-corrected chi connectivity index (χ4v) is 2.80. The van der Waals surface area contributed by atoms with Crippen LogP contribution < -0.4 is 16.0 Å². The molecular weight excluding hydrogens is 430 g/mol. The number of halogens is 5. The van der Waals surface area contributed by atoms with Crippen molar-refractivity contribution in [2.24, 2.45) is 5.73 Å². The minimum atomic E-state index is -4.88. The second kappa shape index (κ2) is 8.15. The Hall–Kier alpha value is -3.40. The predicted octanol–water partition coefficient (Wildman–Crippen LogP) is 3.93. The van der Waals surface area contributed by atoms with Crippen LogP contribution in [0.15, 0.2) is 47.4 Å². The molecule has 0 spiro atoms. The third-order valence-electron chi connectivity index (χ3n) is 4.03. The van der Waals surface area contributed by atoms with Crippen LogP contribution in [-0.4, -0.2) is 15.9 Å². The number of primary amides is 1. The summed E-state index contributed by atoms with van der Waals surface area (Å²) in [5.41, 5.74) is 1.59. The van der Waals surface area contributed by atoms with Crippen molar-refractivity contribution in [1.29, 1.82) is 0 Å². The zero-order chi connectivity index (χ0) is 22.1. The summed E-state index contributed by atoms with van der Waals surface area (Å²) in [6, 6.07) is 7.39. The van der Waals surface area contributed by atoms with Gasteiger partial charge in [0.25, 0.3) is 11.5 Å². The van der Waals surface area contributed by atoms with Crippen molar-refractivity contribution in [3.05, 3.63) is 80.7 Å². The van der Waals surface area contributed by atoms with Crippen LogP contribution in [-0.2, 0) is 12.8 Å². The summed E-state index contributed by atoms with van der Waals surface area (Å²) in [6.07, 6.45) is -3.74. The van der Waals surface area contributed by atoms with E-state index in [1.54, 1.807) is 4.98 Å². The Labute approximate surface area is 171 Å². The molecule has 0 saturated carbocycles. The highest BCUT2D eigenvalue weighted by atomic mass is 35.5. The molecule has 1 amide bonds. The highest BCUT2D eigenvalue weighted by Crippen LogP contribution is 2.35. The monoisotopic (exact) mass is 441 g/mol. The first-order valence-corrected chi connectivity index (χ1v) is 8.61. The van der Waals surface area contributed by atoms with Gasteiger partial charge in [-0.25, -0.2) is 4.98 Å². The largest absolute Gasteiger partial charge is 0.489 e. The molecule has 0 aliphatic heterocycles. The molecule has 1 aromatic carbocycles. The van der Waals surface area contributed by atoms with E-state index in [1.165, 1.54) is 30.3 Å². The number of nitrogens with zero attached hydrogens (tertiary/aromatic N) is 1. The maximum atomic E-state index is 13.6. The van der Waals surface area contributed by atoms with E-state index in [9.17, 15) is 27.2 Å². The lowest BCUT2D eigenvalue weighted by Crippen LogP contribution is -2.27. The van der Waals surface area contributed by atoms with Gasteiger partial charge in [-0.05, 0) is 29.8 Å². The van der Waals surface area contributed by atoms with E-state index in [2.05, 4.69) is 4.98 Å². The minimum absolute atomic E-state index is 0.0454. The van der Waals surface area contributed by atoms with Crippen LogP contribution in [0.4, 0.5) is 17.6 Å². The highest BCUT2D eigenvalue weighted by molar-refractivity contribution is 6.30. The Morgan fingerprint density at radius 2 is 1.87 bits per heavy atom. The SMILES string of the molecule is NC(=O)c1cc(-c2ccc(OCc3cc(Cl)cnc3F)cc2)c(C(F)(F)F)[nH]c1=O. The van der Waals surface area contributed by atoms with Crippen LogP contribution in [0.1, 0.15) is 21.6 Å². The van der Waals surface area contributed by atoms with Crippen molar-refractivity contribution in [2.75, 3.05) is 0 Å². The molecule has 11 heteroatoms. The molecular formula is C19H12ClF4N3O3. The van der Waals surface area contributed by atoms with E-state index in [4.69, 9.17) is 22.1 Å². The number of carbonyl (C=O) groups is 1. The first kappa shape index (κ1) is 21.3. The molecule has 0 atom stereocenters. The molecule has 3 N–H and O–H groups in total. The maximum absolute atomic E-state index is 13.6. The van der Waals surface area contributed by atoms with Crippen LogP contribution in [0, 0.1) is 5.95 Å². The fourth-order valence-electron chi connectivity index (χ4n) is 2.62.